The number of hydrogen-bond donors (Lipinski definition) is 2. The molecule has 0 bridgehead atoms. The van der Waals surface area contributed by atoms with Gasteiger partial charge in [-0.2, -0.15) is 0 Å². The smallest absolute Gasteiger partial charge is 0.310 e. The average molecular weight is 294 g/mol. The maximum Gasteiger partial charge on any atom is 0.310 e. The largest absolute Gasteiger partial charge is 0.481 e. The van der Waals surface area contributed by atoms with Gasteiger partial charge in [0.05, 0.1) is 11.5 Å². The summed E-state index contributed by atoms with van der Waals surface area (Å²) in [4.78, 5) is 23.8. The molecule has 1 amide bonds. The molecule has 21 heavy (non-hydrogen) atoms. The molecule has 116 valence electrons. The summed E-state index contributed by atoms with van der Waals surface area (Å²) >= 11 is 0. The zero-order chi connectivity index (χ0) is 15.5. The van der Waals surface area contributed by atoms with E-state index in [9.17, 15) is 14.7 Å². The van der Waals surface area contributed by atoms with Crippen molar-refractivity contribution in [1.29, 1.82) is 0 Å². The van der Waals surface area contributed by atoms with Crippen molar-refractivity contribution < 1.29 is 14.7 Å². The number of hydrogen-bond acceptors (Lipinski definition) is 4. The lowest BCUT2D eigenvalue weighted by Crippen LogP contribution is -2.40. The Balaban J connectivity index is 2.00. The lowest BCUT2D eigenvalue weighted by atomic mass is 9.71. The Kier molecular flexibility index (Phi) is 4.59. The maximum atomic E-state index is 12.2. The summed E-state index contributed by atoms with van der Waals surface area (Å²) in [5.74, 6) is -0.449. The minimum Gasteiger partial charge on any atom is -0.481 e. The highest BCUT2D eigenvalue weighted by Crippen LogP contribution is 2.39. The first kappa shape index (κ1) is 15.5. The molecule has 0 saturated heterocycles. The van der Waals surface area contributed by atoms with Gasteiger partial charge >= 0.3 is 5.97 Å². The molecule has 1 aliphatic carbocycles. The molecule has 2 rings (SSSR count). The first-order chi connectivity index (χ1) is 9.94. The van der Waals surface area contributed by atoms with Crippen molar-refractivity contribution in [2.75, 3.05) is 0 Å². The molecular weight excluding hydrogens is 272 g/mol. The van der Waals surface area contributed by atoms with E-state index in [2.05, 4.69) is 15.5 Å². The molecule has 0 radical (unpaired) electrons. The van der Waals surface area contributed by atoms with Crippen LogP contribution in [0.1, 0.15) is 57.3 Å². The highest BCUT2D eigenvalue weighted by molar-refractivity contribution is 5.85. The lowest BCUT2D eigenvalue weighted by Gasteiger charge is -2.32. The minimum atomic E-state index is -0.901. The van der Waals surface area contributed by atoms with E-state index >= 15 is 0 Å². The van der Waals surface area contributed by atoms with Crippen LogP contribution in [0.2, 0.25) is 0 Å². The molecule has 0 spiro atoms. The van der Waals surface area contributed by atoms with Gasteiger partial charge in [0, 0.05) is 13.5 Å². The van der Waals surface area contributed by atoms with Gasteiger partial charge in [-0.1, -0.05) is 19.3 Å². The summed E-state index contributed by atoms with van der Waals surface area (Å²) in [5, 5.41) is 20.0. The highest BCUT2D eigenvalue weighted by atomic mass is 16.4. The summed E-state index contributed by atoms with van der Waals surface area (Å²) in [6.45, 7) is 1.82. The number of amides is 1. The molecule has 1 heterocycles. The number of rotatable bonds is 5. The Morgan fingerprint density at radius 1 is 1.43 bits per heavy atom. The van der Waals surface area contributed by atoms with Crippen molar-refractivity contribution in [2.24, 2.45) is 12.5 Å². The van der Waals surface area contributed by atoms with Gasteiger partial charge in [0.15, 0.2) is 5.82 Å². The van der Waals surface area contributed by atoms with Crippen LogP contribution in [-0.4, -0.2) is 31.7 Å². The topological polar surface area (TPSA) is 97.1 Å². The second kappa shape index (κ2) is 6.24. The summed E-state index contributed by atoms with van der Waals surface area (Å²) in [5.41, 5.74) is -0.901. The van der Waals surface area contributed by atoms with Crippen LogP contribution >= 0.6 is 0 Å². The predicted molar refractivity (Wildman–Crippen MR) is 75.3 cm³/mol. The molecule has 1 fully saturated rings. The Bertz CT molecular complexity index is 520. The molecule has 1 aromatic rings. The number of carbonyl (C=O) groups is 2. The number of carbonyl (C=O) groups excluding carboxylic acids is 1. The third-order valence-corrected chi connectivity index (χ3v) is 4.27. The standard InChI is InChI=1S/C14H22N4O3/c1-10(12-17-15-9-18(12)2)16-11(19)8-14(13(20)21)6-4-3-5-7-14/h9-10H,3-8H2,1-2H3,(H,16,19)(H,20,21). The fraction of sp³-hybridized carbons (Fsp3) is 0.714. The first-order valence-corrected chi connectivity index (χ1v) is 7.31. The summed E-state index contributed by atoms with van der Waals surface area (Å²) < 4.78 is 1.73. The summed E-state index contributed by atoms with van der Waals surface area (Å²) in [7, 11) is 1.80. The van der Waals surface area contributed by atoms with Gasteiger partial charge in [0.2, 0.25) is 5.91 Å². The van der Waals surface area contributed by atoms with E-state index in [0.29, 0.717) is 18.7 Å². The lowest BCUT2D eigenvalue weighted by molar-refractivity contribution is -0.154. The number of nitrogens with zero attached hydrogens (tertiary/aromatic N) is 3. The second-order valence-corrected chi connectivity index (χ2v) is 5.91. The molecule has 1 atom stereocenters. The van der Waals surface area contributed by atoms with Gasteiger partial charge in [-0.25, -0.2) is 0 Å². The van der Waals surface area contributed by atoms with E-state index < -0.39 is 11.4 Å². The monoisotopic (exact) mass is 294 g/mol. The SMILES string of the molecule is CC(NC(=O)CC1(C(=O)O)CCCCC1)c1nncn1C. The van der Waals surface area contributed by atoms with Crippen LogP contribution < -0.4 is 5.32 Å². The molecule has 1 aromatic heterocycles. The number of aryl methyl sites for hydroxylation is 1. The summed E-state index contributed by atoms with van der Waals surface area (Å²) in [6, 6.07) is -0.292. The van der Waals surface area contributed by atoms with Crippen LogP contribution in [0, 0.1) is 5.41 Å². The van der Waals surface area contributed by atoms with Gasteiger partial charge in [-0.15, -0.1) is 10.2 Å². The third kappa shape index (κ3) is 3.40. The zero-order valence-electron chi connectivity index (χ0n) is 12.5. The van der Waals surface area contributed by atoms with Crippen molar-refractivity contribution in [2.45, 2.75) is 51.5 Å². The van der Waals surface area contributed by atoms with Crippen molar-refractivity contribution in [1.82, 2.24) is 20.1 Å². The number of carboxylic acids is 1. The molecule has 1 saturated carbocycles. The van der Waals surface area contributed by atoms with E-state index in [0.717, 1.165) is 19.3 Å². The van der Waals surface area contributed by atoms with E-state index in [1.54, 1.807) is 17.9 Å². The Morgan fingerprint density at radius 2 is 2.10 bits per heavy atom. The van der Waals surface area contributed by atoms with Crippen LogP contribution in [0.25, 0.3) is 0 Å². The Labute approximate surface area is 123 Å². The maximum absolute atomic E-state index is 12.2. The molecule has 7 nitrogen and oxygen atoms in total. The van der Waals surface area contributed by atoms with Crippen LogP contribution in [0.3, 0.4) is 0 Å². The van der Waals surface area contributed by atoms with Gasteiger partial charge in [0.1, 0.15) is 6.33 Å². The van der Waals surface area contributed by atoms with Crippen LogP contribution in [-0.2, 0) is 16.6 Å². The number of aliphatic carboxylic acids is 1. The number of carboxylic acid groups (broad SMARTS) is 1. The van der Waals surface area contributed by atoms with Gasteiger partial charge in [0.25, 0.3) is 0 Å². The summed E-state index contributed by atoms with van der Waals surface area (Å²) in [6.07, 6.45) is 5.55. The predicted octanol–water partition coefficient (Wildman–Crippen LogP) is 1.42. The quantitative estimate of drug-likeness (QED) is 0.856. The van der Waals surface area contributed by atoms with Crippen LogP contribution in [0.15, 0.2) is 6.33 Å². The van der Waals surface area contributed by atoms with Crippen molar-refractivity contribution in [3.05, 3.63) is 12.2 Å². The molecular formula is C14H22N4O3. The average Bonchev–Trinajstić information content (AvgIpc) is 2.85. The van der Waals surface area contributed by atoms with Gasteiger partial charge in [-0.3, -0.25) is 9.59 Å². The molecule has 2 N–H and O–H groups in total. The normalized spacial score (nSPS) is 19.0. The second-order valence-electron chi connectivity index (χ2n) is 5.91. The van der Waals surface area contributed by atoms with Crippen molar-refractivity contribution in [3.63, 3.8) is 0 Å². The molecule has 7 heteroatoms. The molecule has 0 aliphatic heterocycles. The van der Waals surface area contributed by atoms with E-state index in [4.69, 9.17) is 0 Å². The Hall–Kier alpha value is -1.92. The minimum absolute atomic E-state index is 0.0323. The third-order valence-electron chi connectivity index (χ3n) is 4.27. The van der Waals surface area contributed by atoms with Gasteiger partial charge in [-0.05, 0) is 19.8 Å². The molecule has 1 unspecified atom stereocenters. The van der Waals surface area contributed by atoms with E-state index in [-0.39, 0.29) is 18.4 Å². The van der Waals surface area contributed by atoms with E-state index in [1.165, 1.54) is 0 Å². The van der Waals surface area contributed by atoms with E-state index in [1.807, 2.05) is 6.92 Å². The fourth-order valence-corrected chi connectivity index (χ4v) is 3.04. The molecule has 1 aliphatic rings. The van der Waals surface area contributed by atoms with Crippen LogP contribution in [0.5, 0.6) is 0 Å². The molecule has 0 aromatic carbocycles. The zero-order valence-corrected chi connectivity index (χ0v) is 12.5. The highest BCUT2D eigenvalue weighted by Gasteiger charge is 2.41. The Morgan fingerprint density at radius 3 is 2.62 bits per heavy atom. The van der Waals surface area contributed by atoms with Crippen molar-refractivity contribution >= 4 is 11.9 Å². The fourth-order valence-electron chi connectivity index (χ4n) is 3.04. The first-order valence-electron chi connectivity index (χ1n) is 7.31. The van der Waals surface area contributed by atoms with Crippen molar-refractivity contribution in [3.8, 4) is 0 Å². The van der Waals surface area contributed by atoms with Crippen LogP contribution in [0.4, 0.5) is 0 Å². The van der Waals surface area contributed by atoms with Gasteiger partial charge < -0.3 is 15.0 Å². The number of nitrogens with one attached hydrogen (secondary N) is 1. The number of aromatic nitrogens is 3.